The molecule has 2 N–H and O–H groups in total. The summed E-state index contributed by atoms with van der Waals surface area (Å²) in [4.78, 5) is 23.6. The molecular weight excluding hydrogens is 694 g/mol. The van der Waals surface area contributed by atoms with Crippen LogP contribution >= 0.6 is 31.9 Å². The predicted molar refractivity (Wildman–Crippen MR) is 173 cm³/mol. The zero-order valence-electron chi connectivity index (χ0n) is 23.7. The van der Waals surface area contributed by atoms with E-state index in [1.165, 1.54) is 18.3 Å². The second-order valence-electron chi connectivity index (χ2n) is 9.80. The zero-order valence-corrected chi connectivity index (χ0v) is 26.9. The average molecular weight is 721 g/mol. The largest absolute Gasteiger partial charge is 0.487 e. The first-order valence-corrected chi connectivity index (χ1v) is 15.0. The Hall–Kier alpha value is -4.61. The number of nitrogens with one attached hydrogen (secondary N) is 1. The molecule has 224 valence electrons. The number of rotatable bonds is 11. The van der Waals surface area contributed by atoms with Crippen molar-refractivity contribution in [3.63, 3.8) is 0 Å². The number of halogens is 2. The standard InChI is InChI=1S/C33H27Br2N3O6/c1-20-3-4-21(2)38(20)25-9-11-26(12-10-25)42-19-27-13-14-30(44-27)32(39)37-36-17-23-15-28(34)31(29(35)16-23)43-18-22-5-7-24(8-6-22)33(40)41/h3-17H,18-19H2,1-2H3,(H,37,39)(H,40,41)/b36-17+. The van der Waals surface area contributed by atoms with Crippen molar-refractivity contribution >= 4 is 50.0 Å². The fraction of sp³-hybridized carbons (Fsp3) is 0.121. The maximum absolute atomic E-state index is 12.6. The van der Waals surface area contributed by atoms with Crippen LogP contribution in [0.4, 0.5) is 0 Å². The third-order valence-electron chi connectivity index (χ3n) is 6.62. The molecule has 0 atom stereocenters. The topological polar surface area (TPSA) is 115 Å². The minimum atomic E-state index is -0.980. The summed E-state index contributed by atoms with van der Waals surface area (Å²) in [6.45, 7) is 4.55. The van der Waals surface area contributed by atoms with Crippen LogP contribution in [0.15, 0.2) is 103 Å². The van der Waals surface area contributed by atoms with Crippen LogP contribution in [0.3, 0.4) is 0 Å². The van der Waals surface area contributed by atoms with E-state index in [-0.39, 0.29) is 24.5 Å². The molecule has 11 heteroatoms. The van der Waals surface area contributed by atoms with Gasteiger partial charge in [0.25, 0.3) is 0 Å². The van der Waals surface area contributed by atoms with Gasteiger partial charge in [0.2, 0.25) is 0 Å². The number of aromatic nitrogens is 1. The van der Waals surface area contributed by atoms with Gasteiger partial charge in [0, 0.05) is 17.1 Å². The van der Waals surface area contributed by atoms with Gasteiger partial charge < -0.3 is 23.6 Å². The molecule has 5 aromatic rings. The van der Waals surface area contributed by atoms with E-state index >= 15 is 0 Å². The van der Waals surface area contributed by atoms with E-state index in [9.17, 15) is 9.59 Å². The molecule has 2 aromatic heterocycles. The van der Waals surface area contributed by atoms with Crippen LogP contribution in [-0.4, -0.2) is 27.8 Å². The van der Waals surface area contributed by atoms with Crippen molar-refractivity contribution in [2.45, 2.75) is 27.1 Å². The van der Waals surface area contributed by atoms with Crippen LogP contribution in [0, 0.1) is 13.8 Å². The van der Waals surface area contributed by atoms with Crippen molar-refractivity contribution in [3.8, 4) is 17.2 Å². The van der Waals surface area contributed by atoms with Crippen molar-refractivity contribution in [2.75, 3.05) is 0 Å². The monoisotopic (exact) mass is 719 g/mol. The van der Waals surface area contributed by atoms with Crippen molar-refractivity contribution in [2.24, 2.45) is 5.10 Å². The van der Waals surface area contributed by atoms with Gasteiger partial charge in [-0.2, -0.15) is 5.10 Å². The number of ether oxygens (including phenoxy) is 2. The minimum Gasteiger partial charge on any atom is -0.487 e. The molecule has 44 heavy (non-hydrogen) atoms. The van der Waals surface area contributed by atoms with Gasteiger partial charge in [0.15, 0.2) is 5.76 Å². The summed E-state index contributed by atoms with van der Waals surface area (Å²) in [6, 6.07) is 25.3. The van der Waals surface area contributed by atoms with Crippen LogP contribution in [-0.2, 0) is 13.2 Å². The molecule has 3 aromatic carbocycles. The zero-order chi connectivity index (χ0) is 31.2. The highest BCUT2D eigenvalue weighted by Crippen LogP contribution is 2.35. The molecular formula is C33H27Br2N3O6. The summed E-state index contributed by atoms with van der Waals surface area (Å²) in [6.07, 6.45) is 1.50. The van der Waals surface area contributed by atoms with Crippen molar-refractivity contribution in [1.29, 1.82) is 0 Å². The van der Waals surface area contributed by atoms with E-state index in [0.717, 1.165) is 22.6 Å². The van der Waals surface area contributed by atoms with Gasteiger partial charge in [0.05, 0.1) is 20.7 Å². The predicted octanol–water partition coefficient (Wildman–Crippen LogP) is 7.83. The molecule has 0 spiro atoms. The number of carbonyl (C=O) groups is 2. The molecule has 0 unspecified atom stereocenters. The lowest BCUT2D eigenvalue weighted by molar-refractivity contribution is 0.0696. The first-order chi connectivity index (χ1) is 21.2. The lowest BCUT2D eigenvalue weighted by Crippen LogP contribution is -2.16. The summed E-state index contributed by atoms with van der Waals surface area (Å²) in [5, 5.41) is 13.1. The summed E-state index contributed by atoms with van der Waals surface area (Å²) in [7, 11) is 0. The number of nitrogens with zero attached hydrogens (tertiary/aromatic N) is 2. The van der Waals surface area contributed by atoms with Crippen LogP contribution in [0.25, 0.3) is 5.69 Å². The Balaban J connectivity index is 1.12. The minimum absolute atomic E-state index is 0.108. The Kier molecular flexibility index (Phi) is 9.66. The fourth-order valence-corrected chi connectivity index (χ4v) is 5.86. The summed E-state index contributed by atoms with van der Waals surface area (Å²) < 4.78 is 20.9. The number of hydrogen-bond acceptors (Lipinski definition) is 6. The molecule has 0 saturated carbocycles. The lowest BCUT2D eigenvalue weighted by atomic mass is 10.1. The Labute approximate surface area is 270 Å². The van der Waals surface area contributed by atoms with Gasteiger partial charge in [0.1, 0.15) is 30.5 Å². The van der Waals surface area contributed by atoms with E-state index in [2.05, 4.69) is 72.9 Å². The molecule has 0 aliphatic carbocycles. The molecule has 0 saturated heterocycles. The molecule has 0 fully saturated rings. The fourth-order valence-electron chi connectivity index (χ4n) is 4.41. The highest BCUT2D eigenvalue weighted by Gasteiger charge is 2.13. The molecule has 0 aliphatic heterocycles. The average Bonchev–Trinajstić information content (AvgIpc) is 3.62. The van der Waals surface area contributed by atoms with Gasteiger partial charge in [-0.05, 0) is 130 Å². The second kappa shape index (κ2) is 13.8. The van der Waals surface area contributed by atoms with E-state index < -0.39 is 11.9 Å². The van der Waals surface area contributed by atoms with Gasteiger partial charge in [-0.1, -0.05) is 12.1 Å². The number of hydrazone groups is 1. The van der Waals surface area contributed by atoms with Crippen molar-refractivity contribution in [1.82, 2.24) is 9.99 Å². The quantitative estimate of drug-likeness (QED) is 0.106. The molecule has 0 aliphatic rings. The summed E-state index contributed by atoms with van der Waals surface area (Å²) in [5.74, 6) is 0.388. The maximum atomic E-state index is 12.6. The number of carbonyl (C=O) groups excluding carboxylic acids is 1. The van der Waals surface area contributed by atoms with E-state index in [1.807, 2.05) is 24.3 Å². The SMILES string of the molecule is Cc1ccc(C)n1-c1ccc(OCc2ccc(C(=O)N/N=C/c3cc(Br)c(OCc4ccc(C(=O)O)cc4)c(Br)c3)o2)cc1. The van der Waals surface area contributed by atoms with E-state index in [1.54, 1.807) is 36.4 Å². The number of amides is 1. The third kappa shape index (κ3) is 7.47. The highest BCUT2D eigenvalue weighted by atomic mass is 79.9. The summed E-state index contributed by atoms with van der Waals surface area (Å²) >= 11 is 7.00. The smallest absolute Gasteiger partial charge is 0.335 e. The number of aromatic carboxylic acids is 1. The molecule has 5 rings (SSSR count). The highest BCUT2D eigenvalue weighted by molar-refractivity contribution is 9.11. The number of carboxylic acids is 1. The van der Waals surface area contributed by atoms with Crippen LogP contribution in [0.5, 0.6) is 11.5 Å². The van der Waals surface area contributed by atoms with Crippen molar-refractivity contribution in [3.05, 3.63) is 133 Å². The molecule has 9 nitrogen and oxygen atoms in total. The number of carboxylic acid groups (broad SMARTS) is 1. The van der Waals surface area contributed by atoms with Crippen LogP contribution in [0.2, 0.25) is 0 Å². The number of benzene rings is 3. The number of aryl methyl sites for hydroxylation is 2. The third-order valence-corrected chi connectivity index (χ3v) is 7.80. The van der Waals surface area contributed by atoms with E-state index in [4.69, 9.17) is 19.0 Å². The number of furan rings is 1. The first-order valence-electron chi connectivity index (χ1n) is 13.4. The first kappa shape index (κ1) is 30.8. The van der Waals surface area contributed by atoms with Crippen molar-refractivity contribution < 1.29 is 28.6 Å². The van der Waals surface area contributed by atoms with Gasteiger partial charge in [-0.25, -0.2) is 10.2 Å². The van der Waals surface area contributed by atoms with Gasteiger partial charge in [-0.15, -0.1) is 0 Å². The van der Waals surface area contributed by atoms with E-state index in [0.29, 0.717) is 31.8 Å². The normalized spacial score (nSPS) is 11.1. The van der Waals surface area contributed by atoms with Crippen LogP contribution < -0.4 is 14.9 Å². The summed E-state index contributed by atoms with van der Waals surface area (Å²) in [5.41, 5.74) is 7.57. The number of hydrogen-bond donors (Lipinski definition) is 2. The molecule has 0 radical (unpaired) electrons. The maximum Gasteiger partial charge on any atom is 0.335 e. The van der Waals surface area contributed by atoms with Gasteiger partial charge >= 0.3 is 11.9 Å². The lowest BCUT2D eigenvalue weighted by Gasteiger charge is -2.11. The van der Waals surface area contributed by atoms with Crippen LogP contribution in [0.1, 0.15) is 49.2 Å². The van der Waals surface area contributed by atoms with Gasteiger partial charge in [-0.3, -0.25) is 4.79 Å². The molecule has 1 amide bonds. The second-order valence-corrected chi connectivity index (χ2v) is 11.5. The Morgan fingerprint density at radius 1 is 0.886 bits per heavy atom. The Bertz CT molecular complexity index is 1780. The molecule has 0 bridgehead atoms. The molecule has 2 heterocycles. The Morgan fingerprint density at radius 3 is 2.18 bits per heavy atom. The Morgan fingerprint density at radius 2 is 1.55 bits per heavy atom.